The van der Waals surface area contributed by atoms with E-state index in [0.717, 1.165) is 38.9 Å². The van der Waals surface area contributed by atoms with E-state index >= 15 is 0 Å². The SMILES string of the molecule is CC(=O)c1ccc(S(=O)(=O)N2C(CCCCN(C(C)C)C(C)C)COC23CCN(C)CC3)cc1. The Balaban J connectivity index is 1.80. The number of hydrogen-bond acceptors (Lipinski definition) is 6. The number of Topliss-reactive ketones (excluding diaryl/α,β-unsaturated/α-hetero) is 1. The Labute approximate surface area is 206 Å². The van der Waals surface area contributed by atoms with Gasteiger partial charge in [-0.3, -0.25) is 9.69 Å². The summed E-state index contributed by atoms with van der Waals surface area (Å²) in [6.45, 7) is 13.4. The molecular weight excluding hydrogens is 450 g/mol. The Kier molecular flexibility index (Phi) is 8.96. The lowest BCUT2D eigenvalue weighted by molar-refractivity contribution is -0.0884. The fraction of sp³-hybridized carbons (Fsp3) is 0.731. The molecule has 2 heterocycles. The Morgan fingerprint density at radius 3 is 2.21 bits per heavy atom. The fourth-order valence-electron chi connectivity index (χ4n) is 5.43. The zero-order chi connectivity index (χ0) is 25.1. The van der Waals surface area contributed by atoms with Crippen LogP contribution < -0.4 is 0 Å². The van der Waals surface area contributed by atoms with Crippen LogP contribution in [0.15, 0.2) is 29.2 Å². The molecule has 0 aliphatic carbocycles. The van der Waals surface area contributed by atoms with Crippen molar-refractivity contribution in [2.45, 2.75) is 95.5 Å². The first-order valence-corrected chi connectivity index (χ1v) is 14.2. The molecule has 0 N–H and O–H groups in total. The molecule has 0 saturated carbocycles. The van der Waals surface area contributed by atoms with Crippen molar-refractivity contribution in [2.75, 3.05) is 33.3 Å². The number of carbonyl (C=O) groups is 1. The van der Waals surface area contributed by atoms with Crippen LogP contribution in [-0.2, 0) is 14.8 Å². The summed E-state index contributed by atoms with van der Waals surface area (Å²) in [6.07, 6.45) is 4.10. The molecule has 1 atom stereocenters. The number of nitrogens with zero attached hydrogens (tertiary/aromatic N) is 3. The van der Waals surface area contributed by atoms with Gasteiger partial charge in [-0.15, -0.1) is 0 Å². The van der Waals surface area contributed by atoms with E-state index in [-0.39, 0.29) is 16.7 Å². The zero-order valence-electron chi connectivity index (χ0n) is 21.8. The normalized spacial score (nSPS) is 21.9. The molecule has 2 aliphatic heterocycles. The van der Waals surface area contributed by atoms with E-state index in [9.17, 15) is 13.2 Å². The predicted octanol–water partition coefficient (Wildman–Crippen LogP) is 3.99. The number of benzene rings is 1. The van der Waals surface area contributed by atoms with Crippen LogP contribution >= 0.6 is 0 Å². The molecule has 192 valence electrons. The average molecular weight is 494 g/mol. The fourth-order valence-corrected chi connectivity index (χ4v) is 7.37. The van der Waals surface area contributed by atoms with Crippen LogP contribution in [0.4, 0.5) is 0 Å². The summed E-state index contributed by atoms with van der Waals surface area (Å²) in [4.78, 5) is 16.6. The average Bonchev–Trinajstić information content (AvgIpc) is 3.14. The third-order valence-corrected chi connectivity index (χ3v) is 9.41. The molecule has 1 spiro atoms. The van der Waals surface area contributed by atoms with Crippen molar-refractivity contribution < 1.29 is 17.9 Å². The van der Waals surface area contributed by atoms with Gasteiger partial charge in [-0.1, -0.05) is 18.6 Å². The van der Waals surface area contributed by atoms with E-state index in [1.54, 1.807) is 28.6 Å². The lowest BCUT2D eigenvalue weighted by Crippen LogP contribution is -2.56. The molecule has 8 heteroatoms. The Hall–Kier alpha value is -1.32. The summed E-state index contributed by atoms with van der Waals surface area (Å²) in [5.74, 6) is -0.0741. The van der Waals surface area contributed by atoms with Gasteiger partial charge in [0.2, 0.25) is 10.0 Å². The zero-order valence-corrected chi connectivity index (χ0v) is 22.6. The number of unbranched alkanes of at least 4 members (excludes halogenated alkanes) is 1. The first-order valence-electron chi connectivity index (χ1n) is 12.7. The maximum atomic E-state index is 13.9. The number of carbonyl (C=O) groups excluding carboxylic acids is 1. The van der Waals surface area contributed by atoms with Crippen molar-refractivity contribution in [1.82, 2.24) is 14.1 Å². The molecule has 0 bridgehead atoms. The van der Waals surface area contributed by atoms with Crippen molar-refractivity contribution in [3.63, 3.8) is 0 Å². The lowest BCUT2D eigenvalue weighted by Gasteiger charge is -2.43. The van der Waals surface area contributed by atoms with Gasteiger partial charge in [0.1, 0.15) is 5.72 Å². The predicted molar refractivity (Wildman–Crippen MR) is 136 cm³/mol. The highest BCUT2D eigenvalue weighted by Gasteiger charge is 2.54. The van der Waals surface area contributed by atoms with Crippen molar-refractivity contribution in [3.8, 4) is 0 Å². The largest absolute Gasteiger partial charge is 0.358 e. The standard InChI is InChI=1S/C26H43N3O4S/c1-20(2)28(21(3)4)16-8-7-9-24-19-33-26(14-17-27(6)18-15-26)29(24)34(31,32)25-12-10-23(11-13-25)22(5)30/h10-13,20-21,24H,7-9,14-19H2,1-6H3. The van der Waals surface area contributed by atoms with Gasteiger partial charge < -0.3 is 9.64 Å². The monoisotopic (exact) mass is 493 g/mol. The number of likely N-dealkylation sites (tertiary alicyclic amines) is 1. The summed E-state index contributed by atoms with van der Waals surface area (Å²) >= 11 is 0. The molecule has 34 heavy (non-hydrogen) atoms. The van der Waals surface area contributed by atoms with Crippen LogP contribution in [0.1, 0.15) is 77.1 Å². The maximum Gasteiger partial charge on any atom is 0.245 e. The first-order chi connectivity index (χ1) is 16.0. The van der Waals surface area contributed by atoms with Gasteiger partial charge in [0.05, 0.1) is 17.5 Å². The highest BCUT2D eigenvalue weighted by Crippen LogP contribution is 2.42. The minimum Gasteiger partial charge on any atom is -0.358 e. The first kappa shape index (κ1) is 27.3. The van der Waals surface area contributed by atoms with Crippen molar-refractivity contribution in [3.05, 3.63) is 29.8 Å². The van der Waals surface area contributed by atoms with Crippen LogP contribution in [-0.4, -0.2) is 85.4 Å². The third kappa shape index (κ3) is 5.90. The highest BCUT2D eigenvalue weighted by atomic mass is 32.2. The summed E-state index contributed by atoms with van der Waals surface area (Å²) < 4.78 is 35.9. The van der Waals surface area contributed by atoms with E-state index in [0.29, 0.717) is 37.1 Å². The summed E-state index contributed by atoms with van der Waals surface area (Å²) in [7, 11) is -1.70. The number of ether oxygens (including phenoxy) is 1. The summed E-state index contributed by atoms with van der Waals surface area (Å²) in [5, 5.41) is 0. The molecule has 3 rings (SSSR count). The number of hydrogen-bond donors (Lipinski definition) is 0. The van der Waals surface area contributed by atoms with E-state index in [4.69, 9.17) is 4.74 Å². The molecule has 0 radical (unpaired) electrons. The Bertz CT molecular complexity index is 914. The Morgan fingerprint density at radius 1 is 1.09 bits per heavy atom. The van der Waals surface area contributed by atoms with Crippen molar-refractivity contribution >= 4 is 15.8 Å². The van der Waals surface area contributed by atoms with E-state index in [1.807, 2.05) is 0 Å². The molecule has 0 aromatic heterocycles. The number of rotatable bonds is 10. The third-order valence-electron chi connectivity index (χ3n) is 7.39. The van der Waals surface area contributed by atoms with E-state index in [1.165, 1.54) is 6.92 Å². The molecule has 0 amide bonds. The van der Waals surface area contributed by atoms with Crippen LogP contribution in [0.2, 0.25) is 0 Å². The van der Waals surface area contributed by atoms with Gasteiger partial charge in [0.15, 0.2) is 5.78 Å². The molecule has 1 aromatic carbocycles. The van der Waals surface area contributed by atoms with Crippen LogP contribution in [0.3, 0.4) is 0 Å². The Morgan fingerprint density at radius 2 is 1.68 bits per heavy atom. The minimum absolute atomic E-state index is 0.0741. The second-order valence-corrected chi connectivity index (χ2v) is 12.3. The van der Waals surface area contributed by atoms with Crippen molar-refractivity contribution in [2.24, 2.45) is 0 Å². The van der Waals surface area contributed by atoms with Crippen molar-refractivity contribution in [1.29, 1.82) is 0 Å². The van der Waals surface area contributed by atoms with Gasteiger partial charge in [-0.05, 0) is 73.2 Å². The second-order valence-electron chi connectivity index (χ2n) is 10.5. The van der Waals surface area contributed by atoms with Gasteiger partial charge in [-0.25, -0.2) is 8.42 Å². The van der Waals surface area contributed by atoms with E-state index in [2.05, 4.69) is 44.5 Å². The highest BCUT2D eigenvalue weighted by molar-refractivity contribution is 7.89. The van der Waals surface area contributed by atoms with Gasteiger partial charge in [0, 0.05) is 43.6 Å². The maximum absolute atomic E-state index is 13.9. The molecule has 7 nitrogen and oxygen atoms in total. The van der Waals surface area contributed by atoms with Gasteiger partial charge >= 0.3 is 0 Å². The van der Waals surface area contributed by atoms with Crippen LogP contribution in [0.25, 0.3) is 0 Å². The topological polar surface area (TPSA) is 70.2 Å². The molecule has 2 saturated heterocycles. The molecule has 1 unspecified atom stereocenters. The summed E-state index contributed by atoms with van der Waals surface area (Å²) in [6, 6.07) is 7.15. The van der Waals surface area contributed by atoms with Crippen LogP contribution in [0.5, 0.6) is 0 Å². The number of sulfonamides is 1. The number of ketones is 1. The molecule has 1 aromatic rings. The molecular formula is C26H43N3O4S. The number of piperidine rings is 1. The second kappa shape index (κ2) is 11.2. The lowest BCUT2D eigenvalue weighted by atomic mass is 10.00. The minimum atomic E-state index is -3.77. The van der Waals surface area contributed by atoms with Gasteiger partial charge in [-0.2, -0.15) is 4.31 Å². The molecule has 2 fully saturated rings. The summed E-state index contributed by atoms with van der Waals surface area (Å²) in [5.41, 5.74) is -0.265. The van der Waals surface area contributed by atoms with E-state index < -0.39 is 15.7 Å². The van der Waals surface area contributed by atoms with Gasteiger partial charge in [0.25, 0.3) is 0 Å². The quantitative estimate of drug-likeness (QED) is 0.363. The smallest absolute Gasteiger partial charge is 0.245 e. The molecule has 2 aliphatic rings. The van der Waals surface area contributed by atoms with Crippen LogP contribution in [0, 0.1) is 0 Å².